The Kier molecular flexibility index (Phi) is 3.34. The molecule has 2 nitrogen and oxygen atoms in total. The second kappa shape index (κ2) is 4.07. The highest BCUT2D eigenvalue weighted by Gasteiger charge is 2.24. The number of hydrogen-bond acceptors (Lipinski definition) is 2. The van der Waals surface area contributed by atoms with E-state index < -0.39 is 0 Å². The minimum absolute atomic E-state index is 0.157. The lowest BCUT2D eigenvalue weighted by molar-refractivity contribution is 0.0399. The number of aliphatic hydroxyl groups is 1. The van der Waals surface area contributed by atoms with Gasteiger partial charge in [-0.25, -0.2) is 0 Å². The van der Waals surface area contributed by atoms with Crippen LogP contribution in [0.2, 0.25) is 0 Å². The molecule has 0 radical (unpaired) electrons. The number of nitrogens with zero attached hydrogens (tertiary/aromatic N) is 1. The fraction of sp³-hybridized carbons (Fsp3) is 1.00. The van der Waals surface area contributed by atoms with Gasteiger partial charge in [-0.1, -0.05) is 13.3 Å². The molecular weight excluding hydrogens is 138 g/mol. The van der Waals surface area contributed by atoms with Crippen molar-refractivity contribution in [2.45, 2.75) is 45.3 Å². The van der Waals surface area contributed by atoms with Crippen LogP contribution in [-0.4, -0.2) is 35.2 Å². The Labute approximate surface area is 69.2 Å². The maximum absolute atomic E-state index is 9.44. The van der Waals surface area contributed by atoms with Gasteiger partial charge >= 0.3 is 0 Å². The molecule has 1 saturated heterocycles. The summed E-state index contributed by atoms with van der Waals surface area (Å²) in [5, 5.41) is 9.44. The summed E-state index contributed by atoms with van der Waals surface area (Å²) in [6.45, 7) is 6.32. The van der Waals surface area contributed by atoms with Crippen molar-refractivity contribution in [1.29, 1.82) is 0 Å². The number of hydrogen-bond donors (Lipinski definition) is 1. The molecule has 1 rings (SSSR count). The molecular formula is C9H19NO. The maximum Gasteiger partial charge on any atom is 0.0667 e. The Morgan fingerprint density at radius 2 is 2.27 bits per heavy atom. The van der Waals surface area contributed by atoms with Crippen LogP contribution in [0.5, 0.6) is 0 Å². The Hall–Kier alpha value is -0.0800. The largest absolute Gasteiger partial charge is 0.392 e. The van der Waals surface area contributed by atoms with Crippen LogP contribution in [0.25, 0.3) is 0 Å². The van der Waals surface area contributed by atoms with Crippen LogP contribution >= 0.6 is 0 Å². The second-order valence-corrected chi connectivity index (χ2v) is 3.43. The minimum Gasteiger partial charge on any atom is -0.392 e. The number of rotatable bonds is 2. The average Bonchev–Trinajstić information content (AvgIpc) is 2.04. The van der Waals surface area contributed by atoms with Gasteiger partial charge in [0, 0.05) is 6.04 Å². The van der Waals surface area contributed by atoms with Gasteiger partial charge in [0.15, 0.2) is 0 Å². The lowest BCUT2D eigenvalue weighted by atomic mass is 9.98. The van der Waals surface area contributed by atoms with Crippen molar-refractivity contribution in [2.75, 3.05) is 13.1 Å². The number of likely N-dealkylation sites (N-methyl/N-ethyl adjacent to an activating group) is 1. The monoisotopic (exact) mass is 157 g/mol. The molecule has 0 aromatic carbocycles. The zero-order chi connectivity index (χ0) is 8.27. The third-order valence-corrected chi connectivity index (χ3v) is 2.63. The fourth-order valence-electron chi connectivity index (χ4n) is 1.96. The molecule has 0 spiro atoms. The van der Waals surface area contributed by atoms with E-state index in [2.05, 4.69) is 11.8 Å². The summed E-state index contributed by atoms with van der Waals surface area (Å²) < 4.78 is 0. The molecule has 0 saturated carbocycles. The van der Waals surface area contributed by atoms with Gasteiger partial charge in [0.2, 0.25) is 0 Å². The first-order chi connectivity index (χ1) is 5.25. The van der Waals surface area contributed by atoms with Crippen LogP contribution in [0.4, 0.5) is 0 Å². The van der Waals surface area contributed by atoms with E-state index in [0.717, 1.165) is 6.54 Å². The van der Waals surface area contributed by atoms with Gasteiger partial charge in [-0.05, 0) is 32.9 Å². The van der Waals surface area contributed by atoms with Crippen molar-refractivity contribution in [3.05, 3.63) is 0 Å². The molecule has 0 aliphatic carbocycles. The van der Waals surface area contributed by atoms with Crippen LogP contribution < -0.4 is 0 Å². The smallest absolute Gasteiger partial charge is 0.0667 e. The predicted octanol–water partition coefficient (Wildman–Crippen LogP) is 1.24. The van der Waals surface area contributed by atoms with Crippen LogP contribution in [0.15, 0.2) is 0 Å². The van der Waals surface area contributed by atoms with Crippen LogP contribution in [0, 0.1) is 0 Å². The maximum atomic E-state index is 9.44. The zero-order valence-electron chi connectivity index (χ0n) is 7.58. The predicted molar refractivity (Wildman–Crippen MR) is 46.6 cm³/mol. The van der Waals surface area contributed by atoms with Crippen molar-refractivity contribution in [3.63, 3.8) is 0 Å². The first-order valence-electron chi connectivity index (χ1n) is 4.67. The molecule has 0 aromatic heterocycles. The van der Waals surface area contributed by atoms with Gasteiger partial charge in [-0.2, -0.15) is 0 Å². The zero-order valence-corrected chi connectivity index (χ0v) is 7.58. The average molecular weight is 157 g/mol. The summed E-state index contributed by atoms with van der Waals surface area (Å²) in [6, 6.07) is 0.425. The van der Waals surface area contributed by atoms with Gasteiger partial charge in [-0.15, -0.1) is 0 Å². The molecule has 0 amide bonds. The van der Waals surface area contributed by atoms with Crippen molar-refractivity contribution in [3.8, 4) is 0 Å². The quantitative estimate of drug-likeness (QED) is 0.652. The molecule has 2 unspecified atom stereocenters. The molecule has 2 heteroatoms. The molecule has 11 heavy (non-hydrogen) atoms. The Balaban J connectivity index is 2.44. The highest BCUT2D eigenvalue weighted by molar-refractivity contribution is 4.79. The number of likely N-dealkylation sites (tertiary alicyclic amines) is 1. The Morgan fingerprint density at radius 1 is 1.55 bits per heavy atom. The molecule has 1 aliphatic rings. The van der Waals surface area contributed by atoms with E-state index in [4.69, 9.17) is 0 Å². The van der Waals surface area contributed by atoms with Crippen molar-refractivity contribution in [1.82, 2.24) is 4.90 Å². The summed E-state index contributed by atoms with van der Waals surface area (Å²) in [5.41, 5.74) is 0. The van der Waals surface area contributed by atoms with Gasteiger partial charge in [-0.3, -0.25) is 4.90 Å². The molecule has 1 N–H and O–H groups in total. The van der Waals surface area contributed by atoms with Gasteiger partial charge in [0.1, 0.15) is 0 Å². The number of aliphatic hydroxyl groups excluding tert-OH is 1. The summed E-state index contributed by atoms with van der Waals surface area (Å²) in [4.78, 5) is 2.38. The molecule has 66 valence electrons. The van der Waals surface area contributed by atoms with Gasteiger partial charge in [0.25, 0.3) is 0 Å². The van der Waals surface area contributed by atoms with E-state index >= 15 is 0 Å². The summed E-state index contributed by atoms with van der Waals surface area (Å²) in [7, 11) is 0. The van der Waals surface area contributed by atoms with E-state index in [1.165, 1.54) is 25.8 Å². The standard InChI is InChI=1S/C9H19NO/c1-3-10-7-5-4-6-9(10)8(2)11/h8-9,11H,3-7H2,1-2H3. The highest BCUT2D eigenvalue weighted by atomic mass is 16.3. The van der Waals surface area contributed by atoms with Crippen molar-refractivity contribution >= 4 is 0 Å². The summed E-state index contributed by atoms with van der Waals surface area (Å²) >= 11 is 0. The van der Waals surface area contributed by atoms with Crippen LogP contribution in [-0.2, 0) is 0 Å². The molecule has 1 heterocycles. The lowest BCUT2D eigenvalue weighted by Gasteiger charge is -2.36. The summed E-state index contributed by atoms with van der Waals surface area (Å²) in [5.74, 6) is 0. The Bertz CT molecular complexity index is 114. The fourth-order valence-corrected chi connectivity index (χ4v) is 1.96. The Morgan fingerprint density at radius 3 is 2.73 bits per heavy atom. The second-order valence-electron chi connectivity index (χ2n) is 3.43. The molecule has 1 aliphatic heterocycles. The lowest BCUT2D eigenvalue weighted by Crippen LogP contribution is -2.45. The number of piperidine rings is 1. The topological polar surface area (TPSA) is 23.5 Å². The minimum atomic E-state index is -0.157. The molecule has 1 fully saturated rings. The third kappa shape index (κ3) is 2.17. The van der Waals surface area contributed by atoms with E-state index in [-0.39, 0.29) is 6.10 Å². The summed E-state index contributed by atoms with van der Waals surface area (Å²) in [6.07, 6.45) is 3.60. The van der Waals surface area contributed by atoms with Gasteiger partial charge in [0.05, 0.1) is 6.10 Å². The van der Waals surface area contributed by atoms with Crippen molar-refractivity contribution in [2.24, 2.45) is 0 Å². The van der Waals surface area contributed by atoms with E-state index in [0.29, 0.717) is 6.04 Å². The van der Waals surface area contributed by atoms with Crippen LogP contribution in [0.1, 0.15) is 33.1 Å². The SMILES string of the molecule is CCN1CCCCC1C(C)O. The van der Waals surface area contributed by atoms with E-state index in [9.17, 15) is 5.11 Å². The first kappa shape index (κ1) is 9.01. The first-order valence-corrected chi connectivity index (χ1v) is 4.67. The van der Waals surface area contributed by atoms with Crippen molar-refractivity contribution < 1.29 is 5.11 Å². The van der Waals surface area contributed by atoms with E-state index in [1.54, 1.807) is 0 Å². The third-order valence-electron chi connectivity index (χ3n) is 2.63. The molecule has 2 atom stereocenters. The highest BCUT2D eigenvalue weighted by Crippen LogP contribution is 2.18. The van der Waals surface area contributed by atoms with Gasteiger partial charge < -0.3 is 5.11 Å². The molecule has 0 bridgehead atoms. The normalized spacial score (nSPS) is 30.3. The van der Waals surface area contributed by atoms with Crippen LogP contribution in [0.3, 0.4) is 0 Å². The molecule has 0 aromatic rings. The van der Waals surface area contributed by atoms with E-state index in [1.807, 2.05) is 6.92 Å².